The van der Waals surface area contributed by atoms with Gasteiger partial charge in [-0.15, -0.1) is 0 Å². The first kappa shape index (κ1) is 17.8. The summed E-state index contributed by atoms with van der Waals surface area (Å²) in [5.41, 5.74) is 3.75. The van der Waals surface area contributed by atoms with Crippen LogP contribution in [0.3, 0.4) is 0 Å². The molecule has 2 fully saturated rings. The van der Waals surface area contributed by atoms with Crippen molar-refractivity contribution < 1.29 is 14.3 Å². The van der Waals surface area contributed by atoms with Gasteiger partial charge in [-0.1, -0.05) is 19.8 Å². The highest BCUT2D eigenvalue weighted by atomic mass is 16.5. The average Bonchev–Trinajstić information content (AvgIpc) is 3.23. The molecular weight excluding hydrogens is 316 g/mol. The molecule has 1 N–H and O–H groups in total. The number of fused-ring (bicyclic) bond motifs is 1. The van der Waals surface area contributed by atoms with Crippen LogP contribution in [0.15, 0.2) is 23.3 Å². The van der Waals surface area contributed by atoms with Crippen molar-refractivity contribution in [2.24, 2.45) is 22.4 Å². The van der Waals surface area contributed by atoms with Crippen LogP contribution < -0.4 is 14.9 Å². The number of amides is 1. The van der Waals surface area contributed by atoms with Gasteiger partial charge >= 0.3 is 0 Å². The van der Waals surface area contributed by atoms with Gasteiger partial charge in [-0.25, -0.2) is 5.43 Å². The molecule has 0 heterocycles. The molecule has 136 valence electrons. The molecular formula is C20H28N2O3. The maximum absolute atomic E-state index is 12.4. The summed E-state index contributed by atoms with van der Waals surface area (Å²) in [4.78, 5) is 12.4. The van der Waals surface area contributed by atoms with E-state index in [1.54, 1.807) is 6.21 Å². The van der Waals surface area contributed by atoms with E-state index in [4.69, 9.17) is 9.47 Å². The first-order chi connectivity index (χ1) is 12.1. The van der Waals surface area contributed by atoms with Crippen molar-refractivity contribution in [2.45, 2.75) is 46.5 Å². The molecule has 0 bridgehead atoms. The Kier molecular flexibility index (Phi) is 5.30. The van der Waals surface area contributed by atoms with Crippen molar-refractivity contribution in [3.05, 3.63) is 23.8 Å². The van der Waals surface area contributed by atoms with Gasteiger partial charge < -0.3 is 9.47 Å². The highest BCUT2D eigenvalue weighted by molar-refractivity contribution is 5.87. The largest absolute Gasteiger partial charge is 0.494 e. The van der Waals surface area contributed by atoms with Gasteiger partial charge in [0.15, 0.2) is 0 Å². The standard InChI is InChI=1S/C20H28N2O3/c1-4-24-15-10-9-14(17(12-15)25-5-2)13-21-22-19(23)18-16-8-6-7-11-20(16,18)3/h9-10,12-13,16,18H,4-8,11H2,1-3H3,(H,22,23)/b21-13-/t16-,18+,20+/m1/s1. The van der Waals surface area contributed by atoms with Crippen LogP contribution in [-0.4, -0.2) is 25.3 Å². The number of carbonyl (C=O) groups excluding carboxylic acids is 1. The highest BCUT2D eigenvalue weighted by Gasteiger charge is 2.64. The summed E-state index contributed by atoms with van der Waals surface area (Å²) in [6, 6.07) is 5.63. The van der Waals surface area contributed by atoms with Crippen molar-refractivity contribution in [1.29, 1.82) is 0 Å². The lowest BCUT2D eigenvalue weighted by molar-refractivity contribution is -0.123. The number of rotatable bonds is 7. The van der Waals surface area contributed by atoms with Crippen LogP contribution in [0.1, 0.15) is 52.0 Å². The molecule has 2 saturated carbocycles. The Bertz CT molecular complexity index is 658. The van der Waals surface area contributed by atoms with Gasteiger partial charge in [-0.05, 0) is 50.2 Å². The molecule has 0 radical (unpaired) electrons. The Labute approximate surface area is 149 Å². The van der Waals surface area contributed by atoms with Crippen LogP contribution in [0.2, 0.25) is 0 Å². The van der Waals surface area contributed by atoms with Crippen LogP contribution >= 0.6 is 0 Å². The normalized spacial score (nSPS) is 27.6. The zero-order valence-electron chi connectivity index (χ0n) is 15.4. The van der Waals surface area contributed by atoms with Gasteiger partial charge in [0.25, 0.3) is 0 Å². The molecule has 1 aromatic rings. The summed E-state index contributed by atoms with van der Waals surface area (Å²) in [6.45, 7) is 7.29. The smallest absolute Gasteiger partial charge is 0.244 e. The summed E-state index contributed by atoms with van der Waals surface area (Å²) in [5.74, 6) is 2.19. The van der Waals surface area contributed by atoms with E-state index in [-0.39, 0.29) is 17.2 Å². The van der Waals surface area contributed by atoms with Crippen molar-refractivity contribution >= 4 is 12.1 Å². The van der Waals surface area contributed by atoms with E-state index in [0.29, 0.717) is 24.9 Å². The van der Waals surface area contributed by atoms with Gasteiger partial charge in [-0.3, -0.25) is 4.79 Å². The monoisotopic (exact) mass is 344 g/mol. The second-order valence-electron chi connectivity index (χ2n) is 7.14. The molecule has 0 saturated heterocycles. The zero-order valence-corrected chi connectivity index (χ0v) is 15.4. The molecule has 1 amide bonds. The van der Waals surface area contributed by atoms with E-state index < -0.39 is 0 Å². The molecule has 3 rings (SSSR count). The van der Waals surface area contributed by atoms with Crippen LogP contribution in [-0.2, 0) is 4.79 Å². The molecule has 0 spiro atoms. The van der Waals surface area contributed by atoms with Gasteiger partial charge in [0, 0.05) is 17.5 Å². The Morgan fingerprint density at radius 2 is 2.12 bits per heavy atom. The van der Waals surface area contributed by atoms with Crippen molar-refractivity contribution in [3.63, 3.8) is 0 Å². The summed E-state index contributed by atoms with van der Waals surface area (Å²) < 4.78 is 11.2. The molecule has 25 heavy (non-hydrogen) atoms. The first-order valence-electron chi connectivity index (χ1n) is 9.32. The minimum absolute atomic E-state index is 0.0505. The molecule has 0 unspecified atom stereocenters. The number of hydrogen-bond acceptors (Lipinski definition) is 4. The van der Waals surface area contributed by atoms with E-state index >= 15 is 0 Å². The number of nitrogens with one attached hydrogen (secondary N) is 1. The van der Waals surface area contributed by atoms with Crippen molar-refractivity contribution in [3.8, 4) is 11.5 Å². The lowest BCUT2D eigenvalue weighted by atomic mass is 9.90. The molecule has 0 aromatic heterocycles. The molecule has 1 aromatic carbocycles. The Morgan fingerprint density at radius 1 is 1.32 bits per heavy atom. The predicted octanol–water partition coefficient (Wildman–Crippen LogP) is 3.76. The number of benzene rings is 1. The summed E-state index contributed by atoms with van der Waals surface area (Å²) in [5, 5.41) is 4.16. The van der Waals surface area contributed by atoms with E-state index in [1.165, 1.54) is 19.3 Å². The van der Waals surface area contributed by atoms with Crippen LogP contribution in [0.4, 0.5) is 0 Å². The summed E-state index contributed by atoms with van der Waals surface area (Å²) >= 11 is 0. The van der Waals surface area contributed by atoms with Crippen LogP contribution in [0, 0.1) is 17.3 Å². The predicted molar refractivity (Wildman–Crippen MR) is 98.1 cm³/mol. The third-order valence-corrected chi connectivity index (χ3v) is 5.59. The average molecular weight is 344 g/mol. The second kappa shape index (κ2) is 7.46. The molecule has 2 aliphatic carbocycles. The van der Waals surface area contributed by atoms with Crippen LogP contribution in [0.25, 0.3) is 0 Å². The molecule has 3 atom stereocenters. The maximum atomic E-state index is 12.4. The van der Waals surface area contributed by atoms with E-state index in [1.807, 2.05) is 32.0 Å². The fourth-order valence-electron chi connectivity index (χ4n) is 4.24. The fraction of sp³-hybridized carbons (Fsp3) is 0.600. The van der Waals surface area contributed by atoms with Gasteiger partial charge in [0.1, 0.15) is 11.5 Å². The highest BCUT2D eigenvalue weighted by Crippen LogP contribution is 2.66. The summed E-state index contributed by atoms with van der Waals surface area (Å²) in [7, 11) is 0. The quantitative estimate of drug-likeness (QED) is 0.605. The number of carbonyl (C=O) groups is 1. The number of hydrazone groups is 1. The summed E-state index contributed by atoms with van der Waals surface area (Å²) in [6.07, 6.45) is 6.46. The lowest BCUT2D eigenvalue weighted by Crippen LogP contribution is -2.22. The Morgan fingerprint density at radius 3 is 2.80 bits per heavy atom. The molecule has 0 aliphatic heterocycles. The number of ether oxygens (including phenoxy) is 2. The van der Waals surface area contributed by atoms with Crippen LogP contribution in [0.5, 0.6) is 11.5 Å². The second-order valence-corrected chi connectivity index (χ2v) is 7.14. The van der Waals surface area contributed by atoms with E-state index in [0.717, 1.165) is 17.7 Å². The van der Waals surface area contributed by atoms with E-state index in [9.17, 15) is 4.79 Å². The number of hydrogen-bond donors (Lipinski definition) is 1. The lowest BCUT2D eigenvalue weighted by Gasteiger charge is -2.15. The molecule has 2 aliphatic rings. The fourth-order valence-corrected chi connectivity index (χ4v) is 4.24. The third kappa shape index (κ3) is 3.65. The Balaban J connectivity index is 1.63. The van der Waals surface area contributed by atoms with E-state index in [2.05, 4.69) is 17.5 Å². The Hall–Kier alpha value is -2.04. The first-order valence-corrected chi connectivity index (χ1v) is 9.32. The zero-order chi connectivity index (χ0) is 17.9. The van der Waals surface area contributed by atoms with Gasteiger partial charge in [0.2, 0.25) is 5.91 Å². The van der Waals surface area contributed by atoms with Gasteiger partial charge in [0.05, 0.1) is 19.4 Å². The minimum Gasteiger partial charge on any atom is -0.494 e. The number of nitrogens with zero attached hydrogens (tertiary/aromatic N) is 1. The molecule has 5 heteroatoms. The molecule has 5 nitrogen and oxygen atoms in total. The topological polar surface area (TPSA) is 59.9 Å². The SMILES string of the molecule is CCOc1ccc(/C=N\NC(=O)[C@@H]2[C@H]3CCCC[C@@]32C)c(OCC)c1. The maximum Gasteiger partial charge on any atom is 0.244 e. The third-order valence-electron chi connectivity index (χ3n) is 5.59. The van der Waals surface area contributed by atoms with Crippen molar-refractivity contribution in [2.75, 3.05) is 13.2 Å². The van der Waals surface area contributed by atoms with Gasteiger partial charge in [-0.2, -0.15) is 5.10 Å². The van der Waals surface area contributed by atoms with Crippen molar-refractivity contribution in [1.82, 2.24) is 5.43 Å². The minimum atomic E-state index is 0.0505.